The minimum Gasteiger partial charge on any atom is -0.454 e. The first-order valence-electron chi connectivity index (χ1n) is 12.4. The number of carbonyl (C=O) groups excluding carboxylic acids is 2. The Bertz CT molecular complexity index is 1240. The summed E-state index contributed by atoms with van der Waals surface area (Å²) < 4.78 is 38.1. The highest BCUT2D eigenvalue weighted by molar-refractivity contribution is 7.92. The van der Waals surface area contributed by atoms with E-state index in [4.69, 9.17) is 9.47 Å². The van der Waals surface area contributed by atoms with Gasteiger partial charge in [0.1, 0.15) is 12.6 Å². The molecule has 2 amide bonds. The first-order chi connectivity index (χ1) is 17.3. The fourth-order valence-electron chi connectivity index (χ4n) is 4.14. The number of rotatable bonds is 10. The maximum absolute atomic E-state index is 13.9. The Morgan fingerprint density at radius 1 is 1.05 bits per heavy atom. The number of ether oxygens (including phenoxy) is 2. The number of carbonyl (C=O) groups is 2. The number of amides is 2. The van der Waals surface area contributed by atoms with Gasteiger partial charge in [0, 0.05) is 18.2 Å². The predicted octanol–water partition coefficient (Wildman–Crippen LogP) is 3.60. The Balaban J connectivity index is 1.99. The fraction of sp³-hybridized carbons (Fsp3) is 0.481. The Morgan fingerprint density at radius 3 is 2.38 bits per heavy atom. The van der Waals surface area contributed by atoms with E-state index in [-0.39, 0.29) is 25.0 Å². The summed E-state index contributed by atoms with van der Waals surface area (Å²) in [4.78, 5) is 28.6. The van der Waals surface area contributed by atoms with Crippen LogP contribution in [0.2, 0.25) is 0 Å². The molecule has 0 saturated carbocycles. The Labute approximate surface area is 219 Å². The summed E-state index contributed by atoms with van der Waals surface area (Å²) in [5.74, 6) is -0.0474. The second kappa shape index (κ2) is 11.4. The van der Waals surface area contributed by atoms with Crippen LogP contribution in [0.25, 0.3) is 0 Å². The molecule has 2 aromatic carbocycles. The van der Waals surface area contributed by atoms with Gasteiger partial charge in [-0.25, -0.2) is 8.42 Å². The quantitative estimate of drug-likeness (QED) is 0.502. The predicted molar refractivity (Wildman–Crippen MR) is 143 cm³/mol. The number of sulfonamides is 1. The van der Waals surface area contributed by atoms with Crippen LogP contribution in [-0.4, -0.2) is 55.8 Å². The van der Waals surface area contributed by atoms with Crippen molar-refractivity contribution >= 4 is 27.5 Å². The maximum atomic E-state index is 13.9. The minimum atomic E-state index is -3.83. The van der Waals surface area contributed by atoms with Crippen molar-refractivity contribution in [1.29, 1.82) is 0 Å². The van der Waals surface area contributed by atoms with Crippen molar-refractivity contribution < 1.29 is 27.5 Å². The van der Waals surface area contributed by atoms with E-state index in [2.05, 4.69) is 5.32 Å². The average Bonchev–Trinajstić information content (AvgIpc) is 3.29. The molecule has 10 heteroatoms. The van der Waals surface area contributed by atoms with Crippen LogP contribution in [0, 0.1) is 6.92 Å². The number of anilines is 1. The number of aryl methyl sites for hydroxylation is 1. The van der Waals surface area contributed by atoms with Gasteiger partial charge in [-0.2, -0.15) is 0 Å². The van der Waals surface area contributed by atoms with Crippen LogP contribution < -0.4 is 19.1 Å². The molecule has 1 unspecified atom stereocenters. The average molecular weight is 532 g/mol. The van der Waals surface area contributed by atoms with Crippen molar-refractivity contribution in [2.24, 2.45) is 0 Å². The lowest BCUT2D eigenvalue weighted by atomic mass is 10.0. The van der Waals surface area contributed by atoms with E-state index in [9.17, 15) is 18.0 Å². The van der Waals surface area contributed by atoms with Gasteiger partial charge in [-0.3, -0.25) is 13.9 Å². The highest BCUT2D eigenvalue weighted by Crippen LogP contribution is 2.36. The van der Waals surface area contributed by atoms with Crippen LogP contribution in [0.15, 0.2) is 42.5 Å². The molecule has 37 heavy (non-hydrogen) atoms. The molecule has 1 heterocycles. The lowest BCUT2D eigenvalue weighted by Crippen LogP contribution is -2.55. The number of benzene rings is 2. The van der Waals surface area contributed by atoms with Crippen LogP contribution >= 0.6 is 0 Å². The molecule has 1 atom stereocenters. The van der Waals surface area contributed by atoms with Gasteiger partial charge in [0.05, 0.1) is 11.4 Å². The molecule has 0 bridgehead atoms. The van der Waals surface area contributed by atoms with Crippen LogP contribution in [-0.2, 0) is 26.2 Å². The van der Waals surface area contributed by atoms with Gasteiger partial charge in [0.2, 0.25) is 28.6 Å². The van der Waals surface area contributed by atoms with E-state index in [1.807, 2.05) is 58.9 Å². The van der Waals surface area contributed by atoms with Gasteiger partial charge in [0.15, 0.2) is 11.5 Å². The van der Waals surface area contributed by atoms with Crippen molar-refractivity contribution in [1.82, 2.24) is 10.2 Å². The molecule has 1 aliphatic rings. The van der Waals surface area contributed by atoms with Gasteiger partial charge < -0.3 is 19.7 Å². The molecular formula is C27H37N3O6S. The third-order valence-corrected chi connectivity index (χ3v) is 7.68. The van der Waals surface area contributed by atoms with Crippen molar-refractivity contribution in [2.45, 2.75) is 66.1 Å². The van der Waals surface area contributed by atoms with Crippen LogP contribution in [0.1, 0.15) is 52.2 Å². The molecule has 0 fully saturated rings. The zero-order valence-corrected chi connectivity index (χ0v) is 23.2. The second-order valence-electron chi connectivity index (χ2n) is 10.1. The van der Waals surface area contributed by atoms with Crippen molar-refractivity contribution in [3.63, 3.8) is 0 Å². The summed E-state index contributed by atoms with van der Waals surface area (Å²) in [6, 6.07) is 11.7. The first kappa shape index (κ1) is 28.3. The van der Waals surface area contributed by atoms with Gasteiger partial charge in [-0.05, 0) is 58.7 Å². The summed E-state index contributed by atoms with van der Waals surface area (Å²) in [5, 5.41) is 2.96. The molecule has 1 N–H and O–H groups in total. The van der Waals surface area contributed by atoms with Crippen LogP contribution in [0.3, 0.4) is 0 Å². The van der Waals surface area contributed by atoms with E-state index >= 15 is 0 Å². The first-order valence-corrected chi connectivity index (χ1v) is 14.0. The molecule has 9 nitrogen and oxygen atoms in total. The lowest BCUT2D eigenvalue weighted by molar-refractivity contribution is -0.141. The smallest absolute Gasteiger partial charge is 0.244 e. The lowest BCUT2D eigenvalue weighted by Gasteiger charge is -2.34. The normalized spacial score (nSPS) is 13.7. The van der Waals surface area contributed by atoms with E-state index in [0.29, 0.717) is 23.6 Å². The summed E-state index contributed by atoms with van der Waals surface area (Å²) in [7, 11) is -3.83. The number of nitrogens with one attached hydrogen (secondary N) is 1. The van der Waals surface area contributed by atoms with Gasteiger partial charge in [-0.1, -0.05) is 36.8 Å². The molecule has 3 rings (SSSR count). The number of nitrogens with zero attached hydrogens (tertiary/aromatic N) is 2. The Hall–Kier alpha value is -3.27. The molecule has 0 radical (unpaired) electrons. The molecule has 2 aromatic rings. The van der Waals surface area contributed by atoms with Crippen molar-refractivity contribution in [2.75, 3.05) is 23.4 Å². The number of hydrogen-bond donors (Lipinski definition) is 1. The SMILES string of the molecule is CCC(C(=O)NC(C)(C)C)N(Cc1cccc(C)c1)C(=O)CN(c1ccc2c(c1)OCO2)S(=O)(=O)CC. The number of hydrogen-bond acceptors (Lipinski definition) is 6. The van der Waals surface area contributed by atoms with Crippen molar-refractivity contribution in [3.05, 3.63) is 53.6 Å². The molecule has 1 aliphatic heterocycles. The topological polar surface area (TPSA) is 105 Å². The largest absolute Gasteiger partial charge is 0.454 e. The molecule has 0 spiro atoms. The van der Waals surface area contributed by atoms with Gasteiger partial charge in [0.25, 0.3) is 0 Å². The van der Waals surface area contributed by atoms with Crippen LogP contribution in [0.4, 0.5) is 5.69 Å². The Kier molecular flexibility index (Phi) is 8.73. The summed E-state index contributed by atoms with van der Waals surface area (Å²) in [5.41, 5.74) is 1.67. The molecule has 0 saturated heterocycles. The molecular weight excluding hydrogens is 494 g/mol. The molecule has 0 aliphatic carbocycles. The van der Waals surface area contributed by atoms with Crippen molar-refractivity contribution in [3.8, 4) is 11.5 Å². The fourth-order valence-corrected chi connectivity index (χ4v) is 5.19. The standard InChI is InChI=1S/C27H37N3O6S/c1-7-22(26(32)28-27(4,5)6)29(16-20-11-9-10-19(3)14-20)25(31)17-30(37(33,34)8-2)21-12-13-23-24(15-21)36-18-35-23/h9-15,22H,7-8,16-18H2,1-6H3,(H,28,32). The van der Waals surface area contributed by atoms with Gasteiger partial charge in [-0.15, -0.1) is 0 Å². The summed E-state index contributed by atoms with van der Waals surface area (Å²) in [6.45, 7) is 10.7. The third-order valence-electron chi connectivity index (χ3n) is 5.94. The molecule has 0 aromatic heterocycles. The highest BCUT2D eigenvalue weighted by Gasteiger charge is 2.34. The minimum absolute atomic E-state index is 0.0452. The zero-order valence-electron chi connectivity index (χ0n) is 22.4. The third kappa shape index (κ3) is 7.15. The summed E-state index contributed by atoms with van der Waals surface area (Å²) >= 11 is 0. The summed E-state index contributed by atoms with van der Waals surface area (Å²) in [6.07, 6.45) is 0.365. The second-order valence-corrected chi connectivity index (χ2v) is 12.3. The Morgan fingerprint density at radius 2 is 1.76 bits per heavy atom. The van der Waals surface area contributed by atoms with E-state index in [1.54, 1.807) is 18.2 Å². The monoisotopic (exact) mass is 531 g/mol. The van der Waals surface area contributed by atoms with Crippen LogP contribution in [0.5, 0.6) is 11.5 Å². The van der Waals surface area contributed by atoms with Gasteiger partial charge >= 0.3 is 0 Å². The highest BCUT2D eigenvalue weighted by atomic mass is 32.2. The zero-order chi connectivity index (χ0) is 27.4. The van der Waals surface area contributed by atoms with E-state index in [1.165, 1.54) is 11.8 Å². The van der Waals surface area contributed by atoms with E-state index < -0.39 is 34.1 Å². The van der Waals surface area contributed by atoms with E-state index in [0.717, 1.165) is 15.4 Å². The maximum Gasteiger partial charge on any atom is 0.244 e. The molecule has 202 valence electrons. The number of fused-ring (bicyclic) bond motifs is 1.